The maximum Gasteiger partial charge on any atom is 0.257 e. The van der Waals surface area contributed by atoms with Gasteiger partial charge in [-0.25, -0.2) is 4.98 Å². The molecule has 0 bridgehead atoms. The Balaban J connectivity index is 1.91. The molecule has 1 aromatic heterocycles. The van der Waals surface area contributed by atoms with Crippen molar-refractivity contribution in [3.05, 3.63) is 52.5 Å². The number of nitrogens with one attached hydrogen (secondary N) is 1. The number of aromatic nitrogens is 1. The Morgan fingerprint density at radius 2 is 2.14 bits per heavy atom. The van der Waals surface area contributed by atoms with Crippen LogP contribution in [0, 0.1) is 6.92 Å². The van der Waals surface area contributed by atoms with Crippen LogP contribution in [-0.4, -0.2) is 10.9 Å². The van der Waals surface area contributed by atoms with Crippen LogP contribution in [0.2, 0.25) is 5.02 Å². The topological polar surface area (TPSA) is 68.0 Å². The average molecular weight is 318 g/mol. The van der Waals surface area contributed by atoms with Crippen molar-refractivity contribution in [2.75, 3.05) is 11.1 Å². The standard InChI is InChI=1S/C15H12ClN3OS/c1-8-10(3-2-4-11(8)16)14(20)19-15-18-12-6-5-9(17)7-13(12)21-15/h2-7H,17H2,1H3,(H,18,19,20). The van der Waals surface area contributed by atoms with Crippen LogP contribution in [0.1, 0.15) is 15.9 Å². The molecule has 1 amide bonds. The predicted molar refractivity (Wildman–Crippen MR) is 88.2 cm³/mol. The molecule has 2 aromatic carbocycles. The fraction of sp³-hybridized carbons (Fsp3) is 0.0667. The molecule has 0 atom stereocenters. The van der Waals surface area contributed by atoms with E-state index in [4.69, 9.17) is 17.3 Å². The number of nitrogens with zero attached hydrogens (tertiary/aromatic N) is 1. The Bertz CT molecular complexity index is 844. The van der Waals surface area contributed by atoms with Gasteiger partial charge in [0, 0.05) is 16.3 Å². The molecule has 106 valence electrons. The number of nitrogens with two attached hydrogens (primary N) is 1. The number of anilines is 2. The summed E-state index contributed by atoms with van der Waals surface area (Å²) in [7, 11) is 0. The number of amides is 1. The lowest BCUT2D eigenvalue weighted by Gasteiger charge is -2.06. The van der Waals surface area contributed by atoms with E-state index in [9.17, 15) is 4.79 Å². The third-order valence-corrected chi connectivity index (χ3v) is 4.49. The number of halogens is 1. The van der Waals surface area contributed by atoms with E-state index in [0.717, 1.165) is 15.8 Å². The first-order valence-corrected chi connectivity index (χ1v) is 7.46. The molecule has 1 heterocycles. The van der Waals surface area contributed by atoms with E-state index in [2.05, 4.69) is 10.3 Å². The molecule has 0 saturated heterocycles. The molecular weight excluding hydrogens is 306 g/mol. The molecule has 0 saturated carbocycles. The second-order valence-corrected chi connectivity index (χ2v) is 6.05. The fourth-order valence-corrected chi connectivity index (χ4v) is 3.10. The van der Waals surface area contributed by atoms with E-state index in [0.29, 0.717) is 21.4 Å². The van der Waals surface area contributed by atoms with E-state index < -0.39 is 0 Å². The number of benzene rings is 2. The predicted octanol–water partition coefficient (Wildman–Crippen LogP) is 4.09. The van der Waals surface area contributed by atoms with Crippen LogP contribution in [-0.2, 0) is 0 Å². The van der Waals surface area contributed by atoms with E-state index >= 15 is 0 Å². The Kier molecular flexibility index (Phi) is 3.53. The average Bonchev–Trinajstić information content (AvgIpc) is 2.83. The number of rotatable bonds is 2. The molecule has 3 rings (SSSR count). The van der Waals surface area contributed by atoms with Crippen LogP contribution in [0.5, 0.6) is 0 Å². The van der Waals surface area contributed by atoms with Crippen LogP contribution in [0.3, 0.4) is 0 Å². The van der Waals surface area contributed by atoms with Gasteiger partial charge in [0.2, 0.25) is 0 Å². The molecule has 0 aliphatic carbocycles. The summed E-state index contributed by atoms with van der Waals surface area (Å²) in [6.07, 6.45) is 0. The third kappa shape index (κ3) is 2.70. The van der Waals surface area contributed by atoms with Crippen molar-refractivity contribution in [3.8, 4) is 0 Å². The van der Waals surface area contributed by atoms with E-state index in [-0.39, 0.29) is 5.91 Å². The first-order chi connectivity index (χ1) is 10.0. The number of carbonyl (C=O) groups excluding carboxylic acids is 1. The van der Waals surface area contributed by atoms with Crippen molar-refractivity contribution in [1.29, 1.82) is 0 Å². The Morgan fingerprint density at radius 3 is 2.95 bits per heavy atom. The number of fused-ring (bicyclic) bond motifs is 1. The Morgan fingerprint density at radius 1 is 1.33 bits per heavy atom. The Hall–Kier alpha value is -2.11. The summed E-state index contributed by atoms with van der Waals surface area (Å²) in [5.41, 5.74) is 8.52. The Labute approximate surface area is 130 Å². The van der Waals surface area contributed by atoms with Crippen LogP contribution in [0.25, 0.3) is 10.2 Å². The molecule has 6 heteroatoms. The largest absolute Gasteiger partial charge is 0.399 e. The monoisotopic (exact) mass is 317 g/mol. The molecule has 3 N–H and O–H groups in total. The van der Waals surface area contributed by atoms with Gasteiger partial charge in [-0.2, -0.15) is 0 Å². The van der Waals surface area contributed by atoms with Crippen molar-refractivity contribution in [2.45, 2.75) is 6.92 Å². The van der Waals surface area contributed by atoms with Gasteiger partial charge in [-0.05, 0) is 42.8 Å². The number of carbonyl (C=O) groups is 1. The van der Waals surface area contributed by atoms with Gasteiger partial charge in [0.15, 0.2) is 5.13 Å². The van der Waals surface area contributed by atoms with Crippen LogP contribution in [0.4, 0.5) is 10.8 Å². The van der Waals surface area contributed by atoms with Gasteiger partial charge in [-0.1, -0.05) is 29.0 Å². The summed E-state index contributed by atoms with van der Waals surface area (Å²) in [6, 6.07) is 10.7. The lowest BCUT2D eigenvalue weighted by molar-refractivity contribution is 0.102. The molecule has 21 heavy (non-hydrogen) atoms. The number of nitrogen functional groups attached to an aromatic ring is 1. The zero-order chi connectivity index (χ0) is 15.0. The molecule has 0 radical (unpaired) electrons. The van der Waals surface area contributed by atoms with Crippen LogP contribution < -0.4 is 11.1 Å². The van der Waals surface area contributed by atoms with Gasteiger partial charge in [-0.3, -0.25) is 10.1 Å². The van der Waals surface area contributed by atoms with E-state index in [1.165, 1.54) is 11.3 Å². The summed E-state index contributed by atoms with van der Waals surface area (Å²) < 4.78 is 0.938. The fourth-order valence-electron chi connectivity index (χ4n) is 2.01. The normalized spacial score (nSPS) is 10.8. The minimum absolute atomic E-state index is 0.220. The first kappa shape index (κ1) is 13.9. The molecule has 0 fully saturated rings. The summed E-state index contributed by atoms with van der Waals surface area (Å²) in [5.74, 6) is -0.220. The maximum absolute atomic E-state index is 12.3. The molecule has 0 aliphatic heterocycles. The van der Waals surface area contributed by atoms with Crippen molar-refractivity contribution < 1.29 is 4.79 Å². The van der Waals surface area contributed by atoms with Gasteiger partial charge >= 0.3 is 0 Å². The lowest BCUT2D eigenvalue weighted by atomic mass is 10.1. The minimum Gasteiger partial charge on any atom is -0.399 e. The quantitative estimate of drug-likeness (QED) is 0.699. The van der Waals surface area contributed by atoms with Crippen LogP contribution in [0.15, 0.2) is 36.4 Å². The minimum atomic E-state index is -0.220. The van der Waals surface area contributed by atoms with Gasteiger partial charge in [0.05, 0.1) is 10.2 Å². The highest BCUT2D eigenvalue weighted by atomic mass is 35.5. The highest BCUT2D eigenvalue weighted by Crippen LogP contribution is 2.28. The smallest absolute Gasteiger partial charge is 0.257 e. The van der Waals surface area contributed by atoms with Crippen molar-refractivity contribution in [3.63, 3.8) is 0 Å². The van der Waals surface area contributed by atoms with Gasteiger partial charge in [-0.15, -0.1) is 0 Å². The van der Waals surface area contributed by atoms with Crippen molar-refractivity contribution in [2.24, 2.45) is 0 Å². The molecular formula is C15H12ClN3OS. The number of thiazole rings is 1. The molecule has 0 unspecified atom stereocenters. The van der Waals surface area contributed by atoms with Gasteiger partial charge < -0.3 is 5.73 Å². The molecule has 0 aliphatic rings. The highest BCUT2D eigenvalue weighted by molar-refractivity contribution is 7.22. The first-order valence-electron chi connectivity index (χ1n) is 6.27. The highest BCUT2D eigenvalue weighted by Gasteiger charge is 2.13. The lowest BCUT2D eigenvalue weighted by Crippen LogP contribution is -2.13. The van der Waals surface area contributed by atoms with Gasteiger partial charge in [0.25, 0.3) is 5.91 Å². The zero-order valence-corrected chi connectivity index (χ0v) is 12.8. The van der Waals surface area contributed by atoms with Gasteiger partial charge in [0.1, 0.15) is 0 Å². The molecule has 3 aromatic rings. The summed E-state index contributed by atoms with van der Waals surface area (Å²) in [6.45, 7) is 1.82. The second kappa shape index (κ2) is 5.35. The molecule has 0 spiro atoms. The van der Waals surface area contributed by atoms with E-state index in [1.807, 2.05) is 19.1 Å². The summed E-state index contributed by atoms with van der Waals surface area (Å²) in [4.78, 5) is 16.7. The SMILES string of the molecule is Cc1c(Cl)cccc1C(=O)Nc1nc2ccc(N)cc2s1. The third-order valence-electron chi connectivity index (χ3n) is 3.15. The zero-order valence-electron chi connectivity index (χ0n) is 11.2. The summed E-state index contributed by atoms with van der Waals surface area (Å²) >= 11 is 7.42. The number of hydrogen-bond donors (Lipinski definition) is 2. The maximum atomic E-state index is 12.3. The van der Waals surface area contributed by atoms with Crippen molar-refractivity contribution in [1.82, 2.24) is 4.98 Å². The van der Waals surface area contributed by atoms with Crippen LogP contribution >= 0.6 is 22.9 Å². The van der Waals surface area contributed by atoms with E-state index in [1.54, 1.807) is 24.3 Å². The number of hydrogen-bond acceptors (Lipinski definition) is 4. The summed E-state index contributed by atoms with van der Waals surface area (Å²) in [5, 5.41) is 3.92. The molecule has 4 nitrogen and oxygen atoms in total. The second-order valence-electron chi connectivity index (χ2n) is 4.61. The van der Waals surface area contributed by atoms with Crippen molar-refractivity contribution >= 4 is 49.9 Å².